The summed E-state index contributed by atoms with van der Waals surface area (Å²) in [7, 11) is 2.54. The van der Waals surface area contributed by atoms with Crippen molar-refractivity contribution < 1.29 is 33.8 Å². The molecule has 0 aromatic carbocycles. The molecule has 45 heavy (non-hydrogen) atoms. The Morgan fingerprint density at radius 1 is 0.978 bits per heavy atom. The Hall–Kier alpha value is -3.36. The summed E-state index contributed by atoms with van der Waals surface area (Å²) in [6.07, 6.45) is 12.7. The Labute approximate surface area is 266 Å². The van der Waals surface area contributed by atoms with E-state index in [2.05, 4.69) is 57.4 Å². The Kier molecular flexibility index (Phi) is 8.19. The van der Waals surface area contributed by atoms with Crippen molar-refractivity contribution in [1.29, 1.82) is 0 Å². The first-order valence-corrected chi connectivity index (χ1v) is 16.3. The minimum atomic E-state index is -0.962. The zero-order valence-electron chi connectivity index (χ0n) is 28.1. The van der Waals surface area contributed by atoms with Gasteiger partial charge in [-0.05, 0) is 105 Å². The van der Waals surface area contributed by atoms with Gasteiger partial charge >= 0.3 is 18.0 Å². The quantitative estimate of drug-likeness (QED) is 0.303. The summed E-state index contributed by atoms with van der Waals surface area (Å²) in [6, 6.07) is -1.41. The first-order chi connectivity index (χ1) is 21.0. The summed E-state index contributed by atoms with van der Waals surface area (Å²) < 4.78 is 9.58. The number of carbonyl (C=O) groups is 4. The van der Waals surface area contributed by atoms with Crippen LogP contribution in [0.2, 0.25) is 0 Å². The van der Waals surface area contributed by atoms with E-state index >= 15 is 0 Å². The highest BCUT2D eigenvalue weighted by Gasteiger charge is 2.66. The number of aliphatic hydroxyl groups is 1. The highest BCUT2D eigenvalue weighted by Crippen LogP contribution is 2.75. The lowest BCUT2D eigenvalue weighted by Gasteiger charge is -2.70. The van der Waals surface area contributed by atoms with Gasteiger partial charge in [-0.3, -0.25) is 9.59 Å². The number of fused-ring (bicyclic) bond motifs is 7. The van der Waals surface area contributed by atoms with Crippen LogP contribution < -0.4 is 10.6 Å². The number of allylic oxidation sites excluding steroid dienone is 7. The number of rotatable bonds is 6. The zero-order valence-corrected chi connectivity index (χ0v) is 28.1. The van der Waals surface area contributed by atoms with Crippen LogP contribution in [-0.2, 0) is 23.9 Å². The van der Waals surface area contributed by atoms with Gasteiger partial charge in [0.2, 0.25) is 5.78 Å². The van der Waals surface area contributed by atoms with Crippen molar-refractivity contribution >= 4 is 23.8 Å². The molecule has 0 radical (unpaired) electrons. The number of methoxy groups -OCH3 is 2. The molecule has 7 atom stereocenters. The molecule has 5 aliphatic carbocycles. The van der Waals surface area contributed by atoms with E-state index in [-0.39, 0.29) is 46.0 Å². The molecule has 3 fully saturated rings. The molecule has 2 amide bonds. The van der Waals surface area contributed by atoms with Gasteiger partial charge in [-0.1, -0.05) is 45.4 Å². The summed E-state index contributed by atoms with van der Waals surface area (Å²) in [4.78, 5) is 50.2. The smallest absolute Gasteiger partial charge is 0.328 e. The van der Waals surface area contributed by atoms with E-state index < -0.39 is 29.6 Å². The maximum atomic E-state index is 13.3. The maximum absolute atomic E-state index is 13.3. The van der Waals surface area contributed by atoms with Crippen molar-refractivity contribution in [2.45, 2.75) is 111 Å². The van der Waals surface area contributed by atoms with Gasteiger partial charge in [0.1, 0.15) is 6.04 Å². The average Bonchev–Trinajstić information content (AvgIpc) is 3.00. The largest absolute Gasteiger partial charge is 0.504 e. The Morgan fingerprint density at radius 2 is 1.67 bits per heavy atom. The zero-order chi connectivity index (χ0) is 33.2. The molecule has 0 spiro atoms. The number of esters is 2. The third kappa shape index (κ3) is 5.14. The van der Waals surface area contributed by atoms with Gasteiger partial charge in [0.25, 0.3) is 0 Å². The highest BCUT2D eigenvalue weighted by atomic mass is 16.5. The SMILES string of the molecule is COC(=O)CC[C@H](NC(=O)N[C@]1(C)CC[C@]2(C)CC[C@]3(C)C4=CC=C5C(=CC(=O)C(O)=C5C)[C@]4(C)CC[C@@]3(C)[C@@H]2C1)C(=O)OC. The predicted octanol–water partition coefficient (Wildman–Crippen LogP) is 6.16. The number of amides is 2. The van der Waals surface area contributed by atoms with E-state index in [1.807, 2.05) is 6.92 Å². The topological polar surface area (TPSA) is 131 Å². The molecular formula is C36H50N2O7. The van der Waals surface area contributed by atoms with Gasteiger partial charge in [0, 0.05) is 22.9 Å². The van der Waals surface area contributed by atoms with Crippen LogP contribution in [0.5, 0.6) is 0 Å². The van der Waals surface area contributed by atoms with Crippen molar-refractivity contribution in [3.8, 4) is 0 Å². The lowest BCUT2D eigenvalue weighted by atomic mass is 9.35. The second-order valence-electron chi connectivity index (χ2n) is 15.4. The van der Waals surface area contributed by atoms with E-state index in [4.69, 9.17) is 9.47 Å². The van der Waals surface area contributed by atoms with Crippen LogP contribution in [0.3, 0.4) is 0 Å². The molecule has 3 saturated carbocycles. The molecule has 5 aliphatic rings. The molecule has 0 aromatic heterocycles. The standard InChI is InChI=1S/C36H50N2O7/c1-21-22-9-11-26-34(4,23(22)19-25(39)29(21)41)16-18-36(6)27-20-33(3,15-13-32(27,2)14-17-35(26,36)5)38-31(43)37-24(30(42)45-8)10-12-28(40)44-7/h9,11,19,24,27,41H,10,12-18,20H2,1-8H3,(H2,37,38,43)/t24-,27+,32+,33+,34-,35+,36-/m0/s1. The fourth-order valence-electron chi connectivity index (χ4n) is 9.79. The van der Waals surface area contributed by atoms with E-state index in [1.54, 1.807) is 6.08 Å². The first-order valence-electron chi connectivity index (χ1n) is 16.3. The summed E-state index contributed by atoms with van der Waals surface area (Å²) in [5, 5.41) is 16.4. The van der Waals surface area contributed by atoms with E-state index in [0.717, 1.165) is 56.1 Å². The van der Waals surface area contributed by atoms with Crippen molar-refractivity contribution in [3.63, 3.8) is 0 Å². The van der Waals surface area contributed by atoms with E-state index in [9.17, 15) is 24.3 Å². The summed E-state index contributed by atoms with van der Waals surface area (Å²) in [6.45, 7) is 13.5. The fraction of sp³-hybridized carbons (Fsp3) is 0.667. The number of nitrogens with one attached hydrogen (secondary N) is 2. The van der Waals surface area contributed by atoms with Crippen LogP contribution in [0.25, 0.3) is 0 Å². The van der Waals surface area contributed by atoms with Gasteiger partial charge < -0.3 is 25.2 Å². The third-order valence-electron chi connectivity index (χ3n) is 12.9. The van der Waals surface area contributed by atoms with Crippen molar-refractivity contribution in [2.75, 3.05) is 14.2 Å². The van der Waals surface area contributed by atoms with Gasteiger partial charge in [0.15, 0.2) is 5.76 Å². The molecule has 9 heteroatoms. The molecular weight excluding hydrogens is 572 g/mol. The molecule has 0 aliphatic heterocycles. The molecule has 5 rings (SSSR count). The first kappa shape index (κ1) is 33.0. The van der Waals surface area contributed by atoms with Gasteiger partial charge in [-0.15, -0.1) is 0 Å². The van der Waals surface area contributed by atoms with Crippen LogP contribution in [-0.4, -0.2) is 54.7 Å². The number of hydrogen-bond acceptors (Lipinski definition) is 7. The van der Waals surface area contributed by atoms with Crippen LogP contribution >= 0.6 is 0 Å². The molecule has 0 aromatic rings. The summed E-state index contributed by atoms with van der Waals surface area (Å²) >= 11 is 0. The van der Waals surface area contributed by atoms with Crippen LogP contribution in [0, 0.1) is 27.6 Å². The number of aliphatic hydroxyl groups excluding tert-OH is 1. The number of ketones is 1. The molecule has 0 bridgehead atoms. The Morgan fingerprint density at radius 3 is 2.33 bits per heavy atom. The molecule has 0 saturated heterocycles. The fourth-order valence-corrected chi connectivity index (χ4v) is 9.79. The monoisotopic (exact) mass is 622 g/mol. The minimum absolute atomic E-state index is 0.0152. The van der Waals surface area contributed by atoms with Crippen molar-refractivity contribution in [2.24, 2.45) is 27.6 Å². The molecule has 0 heterocycles. The second-order valence-corrected chi connectivity index (χ2v) is 15.4. The Bertz CT molecular complexity index is 1460. The number of ether oxygens (including phenoxy) is 2. The van der Waals surface area contributed by atoms with E-state index in [0.29, 0.717) is 11.5 Å². The molecule has 3 N–H and O–H groups in total. The normalized spacial score (nSPS) is 37.7. The maximum Gasteiger partial charge on any atom is 0.328 e. The lowest BCUT2D eigenvalue weighted by Crippen LogP contribution is -2.65. The summed E-state index contributed by atoms with van der Waals surface area (Å²) in [5.41, 5.74) is 3.14. The van der Waals surface area contributed by atoms with Crippen molar-refractivity contribution in [3.05, 3.63) is 46.3 Å². The van der Waals surface area contributed by atoms with Gasteiger partial charge in [-0.2, -0.15) is 0 Å². The van der Waals surface area contributed by atoms with Gasteiger partial charge in [0.05, 0.1) is 14.2 Å². The van der Waals surface area contributed by atoms with Crippen LogP contribution in [0.1, 0.15) is 99.3 Å². The molecule has 246 valence electrons. The number of urea groups is 1. The molecule has 0 unspecified atom stereocenters. The Balaban J connectivity index is 1.41. The third-order valence-corrected chi connectivity index (χ3v) is 12.9. The minimum Gasteiger partial charge on any atom is -0.504 e. The predicted molar refractivity (Wildman–Crippen MR) is 170 cm³/mol. The second kappa shape index (κ2) is 11.2. The summed E-state index contributed by atoms with van der Waals surface area (Å²) in [5.74, 6) is -1.22. The molecule has 9 nitrogen and oxygen atoms in total. The van der Waals surface area contributed by atoms with E-state index in [1.165, 1.54) is 19.8 Å². The number of hydrogen-bond donors (Lipinski definition) is 3. The van der Waals surface area contributed by atoms with Crippen molar-refractivity contribution in [1.82, 2.24) is 10.6 Å². The van der Waals surface area contributed by atoms with Crippen LogP contribution in [0.4, 0.5) is 4.79 Å². The average molecular weight is 623 g/mol. The van der Waals surface area contributed by atoms with Crippen LogP contribution in [0.15, 0.2) is 46.3 Å². The lowest BCUT2D eigenvalue weighted by molar-refractivity contribution is -0.152. The highest BCUT2D eigenvalue weighted by molar-refractivity contribution is 6.06. The van der Waals surface area contributed by atoms with Gasteiger partial charge in [-0.25, -0.2) is 9.59 Å². The number of carbonyl (C=O) groups excluding carboxylic acids is 4.